The van der Waals surface area contributed by atoms with Crippen molar-refractivity contribution in [1.29, 1.82) is 0 Å². The van der Waals surface area contributed by atoms with Crippen molar-refractivity contribution in [3.05, 3.63) is 60.2 Å². The average molecular weight is 256 g/mol. The Kier molecular flexibility index (Phi) is 4.23. The minimum Gasteiger partial charge on any atom is -0.487 e. The molecule has 0 spiro atoms. The highest BCUT2D eigenvalue weighted by atomic mass is 16.5. The SMILES string of the molecule is O=C(O)C=Cc1ccc(OCc2cccnc2)cn1. The molecule has 0 aliphatic carbocycles. The van der Waals surface area contributed by atoms with E-state index in [2.05, 4.69) is 9.97 Å². The van der Waals surface area contributed by atoms with Gasteiger partial charge in [0.25, 0.3) is 0 Å². The second-order valence-corrected chi connectivity index (χ2v) is 3.74. The Balaban J connectivity index is 1.94. The molecule has 2 rings (SSSR count). The Bertz CT molecular complexity index is 565. The number of carboxylic acids is 1. The largest absolute Gasteiger partial charge is 0.487 e. The summed E-state index contributed by atoms with van der Waals surface area (Å²) in [4.78, 5) is 18.4. The van der Waals surface area contributed by atoms with E-state index in [1.807, 2.05) is 12.1 Å². The van der Waals surface area contributed by atoms with Gasteiger partial charge in [0, 0.05) is 24.0 Å². The zero-order valence-electron chi connectivity index (χ0n) is 10.1. The van der Waals surface area contributed by atoms with Crippen LogP contribution < -0.4 is 4.74 Å². The maximum Gasteiger partial charge on any atom is 0.328 e. The fourth-order valence-electron chi connectivity index (χ4n) is 1.38. The molecule has 0 aliphatic heterocycles. The van der Waals surface area contributed by atoms with E-state index in [0.29, 0.717) is 18.1 Å². The van der Waals surface area contributed by atoms with Gasteiger partial charge in [0.15, 0.2) is 0 Å². The predicted octanol–water partition coefficient (Wildman–Crippen LogP) is 2.15. The van der Waals surface area contributed by atoms with Crippen molar-refractivity contribution in [3.63, 3.8) is 0 Å². The fraction of sp³-hybridized carbons (Fsp3) is 0.0714. The molecule has 1 N–H and O–H groups in total. The van der Waals surface area contributed by atoms with Crippen LogP contribution in [0, 0.1) is 0 Å². The number of nitrogens with zero attached hydrogens (tertiary/aromatic N) is 2. The van der Waals surface area contributed by atoms with E-state index >= 15 is 0 Å². The van der Waals surface area contributed by atoms with Gasteiger partial charge in [-0.25, -0.2) is 4.79 Å². The maximum absolute atomic E-state index is 10.4. The first-order valence-corrected chi connectivity index (χ1v) is 5.63. The van der Waals surface area contributed by atoms with E-state index in [9.17, 15) is 4.79 Å². The molecule has 0 saturated carbocycles. The van der Waals surface area contributed by atoms with Crippen LogP contribution in [0.15, 0.2) is 48.9 Å². The normalized spacial score (nSPS) is 10.5. The fourth-order valence-corrected chi connectivity index (χ4v) is 1.38. The number of carboxylic acid groups (broad SMARTS) is 1. The summed E-state index contributed by atoms with van der Waals surface area (Å²) in [5.74, 6) is -0.380. The number of rotatable bonds is 5. The lowest BCUT2D eigenvalue weighted by molar-refractivity contribution is -0.131. The molecule has 19 heavy (non-hydrogen) atoms. The van der Waals surface area contributed by atoms with Gasteiger partial charge in [-0.3, -0.25) is 9.97 Å². The Morgan fingerprint density at radius 1 is 1.32 bits per heavy atom. The van der Waals surface area contributed by atoms with Crippen LogP contribution in [0.5, 0.6) is 5.75 Å². The molecule has 0 saturated heterocycles. The molecular formula is C14H12N2O3. The Morgan fingerprint density at radius 3 is 2.84 bits per heavy atom. The lowest BCUT2D eigenvalue weighted by Crippen LogP contribution is -1.96. The van der Waals surface area contributed by atoms with Gasteiger partial charge in [0.1, 0.15) is 12.4 Å². The van der Waals surface area contributed by atoms with E-state index in [-0.39, 0.29) is 0 Å². The lowest BCUT2D eigenvalue weighted by Gasteiger charge is -2.05. The third-order valence-electron chi connectivity index (χ3n) is 2.28. The van der Waals surface area contributed by atoms with Gasteiger partial charge in [0.2, 0.25) is 0 Å². The molecule has 0 atom stereocenters. The maximum atomic E-state index is 10.4. The van der Waals surface area contributed by atoms with Crippen molar-refractivity contribution >= 4 is 12.0 Å². The Morgan fingerprint density at radius 2 is 2.21 bits per heavy atom. The third-order valence-corrected chi connectivity index (χ3v) is 2.28. The summed E-state index contributed by atoms with van der Waals surface area (Å²) in [6, 6.07) is 7.20. The number of pyridine rings is 2. The minimum absolute atomic E-state index is 0.416. The molecule has 0 amide bonds. The highest BCUT2D eigenvalue weighted by Crippen LogP contribution is 2.12. The summed E-state index contributed by atoms with van der Waals surface area (Å²) in [5.41, 5.74) is 1.54. The van der Waals surface area contributed by atoms with Crippen molar-refractivity contribution in [3.8, 4) is 5.75 Å². The first kappa shape index (κ1) is 12.8. The molecule has 2 aromatic heterocycles. The van der Waals surface area contributed by atoms with Crippen LogP contribution in [0.2, 0.25) is 0 Å². The number of aromatic nitrogens is 2. The summed E-state index contributed by atoms with van der Waals surface area (Å²) in [5, 5.41) is 8.49. The average Bonchev–Trinajstić information content (AvgIpc) is 2.45. The van der Waals surface area contributed by atoms with E-state index in [0.717, 1.165) is 11.6 Å². The van der Waals surface area contributed by atoms with Crippen LogP contribution in [-0.4, -0.2) is 21.0 Å². The van der Waals surface area contributed by atoms with Crippen LogP contribution in [0.25, 0.3) is 6.08 Å². The quantitative estimate of drug-likeness (QED) is 0.830. The second-order valence-electron chi connectivity index (χ2n) is 3.74. The van der Waals surface area contributed by atoms with Gasteiger partial charge in [-0.2, -0.15) is 0 Å². The minimum atomic E-state index is -1.00. The summed E-state index contributed by atoms with van der Waals surface area (Å²) >= 11 is 0. The zero-order valence-corrected chi connectivity index (χ0v) is 10.1. The predicted molar refractivity (Wildman–Crippen MR) is 69.5 cm³/mol. The van der Waals surface area contributed by atoms with Crippen LogP contribution in [0.4, 0.5) is 0 Å². The van der Waals surface area contributed by atoms with E-state index in [4.69, 9.17) is 9.84 Å². The summed E-state index contributed by atoms with van der Waals surface area (Å²) in [6.45, 7) is 0.416. The standard InChI is InChI=1S/C14H12N2O3/c17-14(18)6-4-12-3-5-13(9-16-12)19-10-11-2-1-7-15-8-11/h1-9H,10H2,(H,17,18). The van der Waals surface area contributed by atoms with Gasteiger partial charge in [-0.05, 0) is 24.3 Å². The zero-order chi connectivity index (χ0) is 13.5. The van der Waals surface area contributed by atoms with Gasteiger partial charge in [-0.15, -0.1) is 0 Å². The number of aliphatic carboxylic acids is 1. The van der Waals surface area contributed by atoms with Crippen molar-refractivity contribution < 1.29 is 14.6 Å². The topological polar surface area (TPSA) is 72.3 Å². The summed E-state index contributed by atoms with van der Waals surface area (Å²) in [7, 11) is 0. The monoisotopic (exact) mass is 256 g/mol. The third kappa shape index (κ3) is 4.23. The molecule has 2 aromatic rings. The van der Waals surface area contributed by atoms with Gasteiger partial charge in [0.05, 0.1) is 11.9 Å². The van der Waals surface area contributed by atoms with Crippen molar-refractivity contribution in [1.82, 2.24) is 9.97 Å². The van der Waals surface area contributed by atoms with E-state index < -0.39 is 5.97 Å². The second kappa shape index (κ2) is 6.30. The number of hydrogen-bond acceptors (Lipinski definition) is 4. The first-order chi connectivity index (χ1) is 9.24. The molecule has 0 aromatic carbocycles. The molecular weight excluding hydrogens is 244 g/mol. The van der Waals surface area contributed by atoms with Crippen LogP contribution >= 0.6 is 0 Å². The molecule has 0 fully saturated rings. The smallest absolute Gasteiger partial charge is 0.328 e. The van der Waals surface area contributed by atoms with E-state index in [1.165, 1.54) is 6.08 Å². The number of hydrogen-bond donors (Lipinski definition) is 1. The molecule has 0 aliphatic rings. The number of ether oxygens (including phenoxy) is 1. The van der Waals surface area contributed by atoms with Crippen LogP contribution in [0.3, 0.4) is 0 Å². The Hall–Kier alpha value is -2.69. The molecule has 2 heterocycles. The van der Waals surface area contributed by atoms with E-state index in [1.54, 1.807) is 30.7 Å². The highest BCUT2D eigenvalue weighted by Gasteiger charge is 1.97. The molecule has 0 bridgehead atoms. The molecule has 5 nitrogen and oxygen atoms in total. The van der Waals surface area contributed by atoms with Gasteiger partial charge < -0.3 is 9.84 Å². The molecule has 5 heteroatoms. The molecule has 0 radical (unpaired) electrons. The Labute approximate surface area is 110 Å². The summed E-state index contributed by atoms with van der Waals surface area (Å²) < 4.78 is 5.53. The van der Waals surface area contributed by atoms with Crippen molar-refractivity contribution in [2.24, 2.45) is 0 Å². The first-order valence-electron chi connectivity index (χ1n) is 5.63. The van der Waals surface area contributed by atoms with Crippen LogP contribution in [0.1, 0.15) is 11.3 Å². The number of carbonyl (C=O) groups is 1. The summed E-state index contributed by atoms with van der Waals surface area (Å²) in [6.07, 6.45) is 7.45. The van der Waals surface area contributed by atoms with Crippen LogP contribution in [-0.2, 0) is 11.4 Å². The lowest BCUT2D eigenvalue weighted by atomic mass is 10.3. The van der Waals surface area contributed by atoms with Crippen molar-refractivity contribution in [2.75, 3.05) is 0 Å². The van der Waals surface area contributed by atoms with Gasteiger partial charge >= 0.3 is 5.97 Å². The molecule has 0 unspecified atom stereocenters. The van der Waals surface area contributed by atoms with Gasteiger partial charge in [-0.1, -0.05) is 6.07 Å². The molecule has 96 valence electrons. The van der Waals surface area contributed by atoms with Crippen molar-refractivity contribution in [2.45, 2.75) is 6.61 Å². The highest BCUT2D eigenvalue weighted by molar-refractivity contribution is 5.84.